The highest BCUT2D eigenvalue weighted by molar-refractivity contribution is 7.84. The molecule has 0 bridgehead atoms. The van der Waals surface area contributed by atoms with Crippen LogP contribution < -0.4 is 0 Å². The topological polar surface area (TPSA) is 67.5 Å². The molecular formula is C15H18O4S. The molecule has 5 heteroatoms. The second-order valence-electron chi connectivity index (χ2n) is 4.71. The molecule has 0 aliphatic carbocycles. The van der Waals surface area contributed by atoms with E-state index >= 15 is 0 Å². The summed E-state index contributed by atoms with van der Waals surface area (Å²) in [6.45, 7) is 2.09. The van der Waals surface area contributed by atoms with Crippen molar-refractivity contribution in [2.75, 3.05) is 5.75 Å². The fraction of sp³-hybridized carbons (Fsp3) is 0.400. The molecule has 1 heterocycles. The summed E-state index contributed by atoms with van der Waals surface area (Å²) < 4.78 is 17.4. The highest BCUT2D eigenvalue weighted by atomic mass is 32.2. The van der Waals surface area contributed by atoms with Gasteiger partial charge in [0, 0.05) is 27.5 Å². The molecule has 0 aliphatic heterocycles. The van der Waals surface area contributed by atoms with Crippen LogP contribution in [-0.2, 0) is 16.6 Å². The molecule has 108 valence electrons. The van der Waals surface area contributed by atoms with Crippen LogP contribution in [0.4, 0.5) is 0 Å². The summed E-state index contributed by atoms with van der Waals surface area (Å²) in [4.78, 5) is 11.2. The first-order chi connectivity index (χ1) is 9.63. The van der Waals surface area contributed by atoms with Crippen molar-refractivity contribution in [2.45, 2.75) is 31.9 Å². The smallest absolute Gasteiger partial charge is 0.372 e. The average Bonchev–Trinajstić information content (AvgIpc) is 2.78. The fourth-order valence-electron chi connectivity index (χ4n) is 2.16. The van der Waals surface area contributed by atoms with Gasteiger partial charge in [0.25, 0.3) is 0 Å². The van der Waals surface area contributed by atoms with Crippen LogP contribution in [0.2, 0.25) is 0 Å². The van der Waals surface area contributed by atoms with Crippen molar-refractivity contribution >= 4 is 27.7 Å². The first-order valence-corrected chi connectivity index (χ1v) is 8.21. The van der Waals surface area contributed by atoms with Gasteiger partial charge in [-0.1, -0.05) is 38.0 Å². The minimum absolute atomic E-state index is 0.0879. The summed E-state index contributed by atoms with van der Waals surface area (Å²) in [5, 5.41) is 9.95. The molecule has 20 heavy (non-hydrogen) atoms. The molecule has 0 radical (unpaired) electrons. The Balaban J connectivity index is 2.25. The van der Waals surface area contributed by atoms with E-state index in [0.717, 1.165) is 24.6 Å². The molecule has 0 fully saturated rings. The molecule has 1 N–H and O–H groups in total. The Morgan fingerprint density at radius 2 is 2.05 bits per heavy atom. The summed E-state index contributed by atoms with van der Waals surface area (Å²) in [7, 11) is -1.06. The van der Waals surface area contributed by atoms with E-state index in [2.05, 4.69) is 6.92 Å². The zero-order chi connectivity index (χ0) is 14.5. The number of furan rings is 1. The summed E-state index contributed by atoms with van der Waals surface area (Å²) in [6, 6.07) is 7.15. The van der Waals surface area contributed by atoms with Crippen LogP contribution >= 0.6 is 0 Å². The lowest BCUT2D eigenvalue weighted by Gasteiger charge is -2.02. The number of fused-ring (bicyclic) bond motifs is 1. The molecule has 1 aromatic heterocycles. The summed E-state index contributed by atoms with van der Waals surface area (Å²) in [6.07, 6.45) is 3.02. The third kappa shape index (κ3) is 3.28. The van der Waals surface area contributed by atoms with E-state index in [1.165, 1.54) is 0 Å². The molecule has 1 aromatic carbocycles. The van der Waals surface area contributed by atoms with Crippen LogP contribution in [0.1, 0.15) is 42.3 Å². The number of benzene rings is 1. The summed E-state index contributed by atoms with van der Waals surface area (Å²) >= 11 is 0. The quantitative estimate of drug-likeness (QED) is 0.793. The highest BCUT2D eigenvalue weighted by Gasteiger charge is 2.21. The Hall–Kier alpha value is -1.62. The number of para-hydroxylation sites is 1. The van der Waals surface area contributed by atoms with Gasteiger partial charge in [0.1, 0.15) is 5.58 Å². The van der Waals surface area contributed by atoms with Gasteiger partial charge in [-0.25, -0.2) is 4.79 Å². The van der Waals surface area contributed by atoms with Crippen LogP contribution in [0.15, 0.2) is 28.7 Å². The van der Waals surface area contributed by atoms with E-state index in [-0.39, 0.29) is 11.5 Å². The van der Waals surface area contributed by atoms with Gasteiger partial charge in [-0.2, -0.15) is 0 Å². The first-order valence-electron chi connectivity index (χ1n) is 6.72. The summed E-state index contributed by atoms with van der Waals surface area (Å²) in [5.74, 6) is -0.355. The van der Waals surface area contributed by atoms with Gasteiger partial charge in [-0.15, -0.1) is 0 Å². The van der Waals surface area contributed by atoms with Crippen molar-refractivity contribution in [1.29, 1.82) is 0 Å². The number of carboxylic acids is 1. The lowest BCUT2D eigenvalue weighted by Crippen LogP contribution is -2.05. The van der Waals surface area contributed by atoms with Gasteiger partial charge in [0.2, 0.25) is 5.76 Å². The standard InChI is InChI=1S/C15H18O4S/c1-2-3-6-9-20(18)10-12-11-7-4-5-8-13(11)19-14(12)15(16)17/h4-5,7-8H,2-3,6,9-10H2,1H3,(H,16,17). The number of unbranched alkanes of at least 4 members (excludes halogenated alkanes) is 2. The maximum Gasteiger partial charge on any atom is 0.372 e. The van der Waals surface area contributed by atoms with Crippen molar-refractivity contribution < 1.29 is 18.5 Å². The Labute approximate surface area is 120 Å². The molecule has 4 nitrogen and oxygen atoms in total. The average molecular weight is 294 g/mol. The second kappa shape index (κ2) is 6.70. The zero-order valence-corrected chi connectivity index (χ0v) is 12.2. The molecule has 0 amide bonds. The largest absolute Gasteiger partial charge is 0.475 e. The summed E-state index contributed by atoms with van der Waals surface area (Å²) in [5.41, 5.74) is 1.08. The van der Waals surface area contributed by atoms with Crippen molar-refractivity contribution in [3.05, 3.63) is 35.6 Å². The molecule has 0 saturated carbocycles. The third-order valence-corrected chi connectivity index (χ3v) is 4.53. The first kappa shape index (κ1) is 14.8. The fourth-order valence-corrected chi connectivity index (χ4v) is 3.44. The number of carboxylic acid groups (broad SMARTS) is 1. The molecule has 2 rings (SSSR count). The van der Waals surface area contributed by atoms with Crippen molar-refractivity contribution in [2.24, 2.45) is 0 Å². The zero-order valence-electron chi connectivity index (χ0n) is 11.4. The Morgan fingerprint density at radius 1 is 1.30 bits per heavy atom. The number of hydrogen-bond acceptors (Lipinski definition) is 3. The van der Waals surface area contributed by atoms with Crippen molar-refractivity contribution in [1.82, 2.24) is 0 Å². The number of carbonyl (C=O) groups is 1. The van der Waals surface area contributed by atoms with Crippen LogP contribution in [0, 0.1) is 0 Å². The van der Waals surface area contributed by atoms with Gasteiger partial charge >= 0.3 is 5.97 Å². The van der Waals surface area contributed by atoms with E-state index in [1.807, 2.05) is 12.1 Å². The van der Waals surface area contributed by atoms with E-state index in [4.69, 9.17) is 4.42 Å². The Bertz CT molecular complexity index is 630. The van der Waals surface area contributed by atoms with Crippen molar-refractivity contribution in [3.8, 4) is 0 Å². The molecule has 0 spiro atoms. The van der Waals surface area contributed by atoms with Gasteiger partial charge in [0.15, 0.2) is 0 Å². The highest BCUT2D eigenvalue weighted by Crippen LogP contribution is 2.27. The maximum atomic E-state index is 12.1. The maximum absolute atomic E-state index is 12.1. The van der Waals surface area contributed by atoms with E-state index in [9.17, 15) is 14.1 Å². The van der Waals surface area contributed by atoms with Crippen LogP contribution in [0.5, 0.6) is 0 Å². The van der Waals surface area contributed by atoms with E-state index in [1.54, 1.807) is 12.1 Å². The molecule has 0 saturated heterocycles. The number of rotatable bonds is 7. The lowest BCUT2D eigenvalue weighted by atomic mass is 10.1. The van der Waals surface area contributed by atoms with Gasteiger partial charge in [-0.3, -0.25) is 4.21 Å². The minimum atomic E-state index is -1.11. The van der Waals surface area contributed by atoms with Gasteiger partial charge in [-0.05, 0) is 12.5 Å². The third-order valence-electron chi connectivity index (χ3n) is 3.17. The second-order valence-corrected chi connectivity index (χ2v) is 6.28. The molecule has 2 aromatic rings. The number of aromatic carboxylic acids is 1. The van der Waals surface area contributed by atoms with Gasteiger partial charge < -0.3 is 9.52 Å². The minimum Gasteiger partial charge on any atom is -0.475 e. The molecule has 1 unspecified atom stereocenters. The van der Waals surface area contributed by atoms with Crippen LogP contribution in [-0.4, -0.2) is 21.0 Å². The Kier molecular flexibility index (Phi) is 4.95. The molecule has 0 aliphatic rings. The lowest BCUT2D eigenvalue weighted by molar-refractivity contribution is 0.0664. The predicted molar refractivity (Wildman–Crippen MR) is 79.4 cm³/mol. The SMILES string of the molecule is CCCCCS(=O)Cc1c(C(=O)O)oc2ccccc12. The van der Waals surface area contributed by atoms with Crippen molar-refractivity contribution in [3.63, 3.8) is 0 Å². The number of hydrogen-bond donors (Lipinski definition) is 1. The van der Waals surface area contributed by atoms with Crippen LogP contribution in [0.25, 0.3) is 11.0 Å². The molecular weight excluding hydrogens is 276 g/mol. The van der Waals surface area contributed by atoms with Gasteiger partial charge in [0.05, 0.1) is 5.75 Å². The van der Waals surface area contributed by atoms with Crippen LogP contribution in [0.3, 0.4) is 0 Å². The predicted octanol–water partition coefficient (Wildman–Crippen LogP) is 3.57. The Morgan fingerprint density at radius 3 is 2.75 bits per heavy atom. The van der Waals surface area contributed by atoms with E-state index in [0.29, 0.717) is 16.9 Å². The monoisotopic (exact) mass is 294 g/mol. The van der Waals surface area contributed by atoms with E-state index < -0.39 is 16.8 Å². The normalized spacial score (nSPS) is 12.7. The molecule has 1 atom stereocenters.